The van der Waals surface area contributed by atoms with Crippen LogP contribution in [0.5, 0.6) is 5.75 Å². The lowest BCUT2D eigenvalue weighted by Gasteiger charge is -2.21. The van der Waals surface area contributed by atoms with Crippen LogP contribution in [0.1, 0.15) is 37.3 Å². The number of hydrogen-bond donors (Lipinski definition) is 1. The van der Waals surface area contributed by atoms with E-state index in [9.17, 15) is 4.39 Å². The van der Waals surface area contributed by atoms with Gasteiger partial charge in [0, 0.05) is 38.8 Å². The van der Waals surface area contributed by atoms with Gasteiger partial charge in [0.1, 0.15) is 0 Å². The van der Waals surface area contributed by atoms with Crippen molar-refractivity contribution in [2.45, 2.75) is 32.7 Å². The van der Waals surface area contributed by atoms with Gasteiger partial charge in [-0.2, -0.15) is 5.10 Å². The van der Waals surface area contributed by atoms with Crippen LogP contribution in [-0.4, -0.2) is 46.9 Å². The minimum absolute atomic E-state index is 0. The number of halogens is 2. The molecular formula is C20H29FIN5O. The summed E-state index contributed by atoms with van der Waals surface area (Å²) in [6.07, 6.45) is 5.11. The Bertz CT molecular complexity index is 795. The standard InChI is InChI=1S/C20H28FN5O.HI/c1-4-22-20(23-11-15-6-7-19(27-5-2)18(21)10-15)26-9-8-16(14-26)17-12-24-25(3)13-17;/h6-7,10,12-13,16H,4-5,8-9,11,14H2,1-3H3,(H,22,23);1H. The highest BCUT2D eigenvalue weighted by molar-refractivity contribution is 14.0. The van der Waals surface area contributed by atoms with Gasteiger partial charge < -0.3 is 15.0 Å². The molecule has 1 saturated heterocycles. The van der Waals surface area contributed by atoms with Crippen LogP contribution in [0.4, 0.5) is 4.39 Å². The SMILES string of the molecule is CCNC(=NCc1ccc(OCC)c(F)c1)N1CCC(c2cnn(C)c2)C1.I. The second-order valence-electron chi connectivity index (χ2n) is 6.75. The molecule has 0 saturated carbocycles. The summed E-state index contributed by atoms with van der Waals surface area (Å²) in [5.74, 6) is 1.28. The highest BCUT2D eigenvalue weighted by Crippen LogP contribution is 2.27. The van der Waals surface area contributed by atoms with Gasteiger partial charge in [0.05, 0.1) is 19.3 Å². The van der Waals surface area contributed by atoms with E-state index in [1.165, 1.54) is 11.6 Å². The molecule has 1 aromatic heterocycles. The van der Waals surface area contributed by atoms with Gasteiger partial charge in [-0.15, -0.1) is 24.0 Å². The summed E-state index contributed by atoms with van der Waals surface area (Å²) < 4.78 is 21.1. The lowest BCUT2D eigenvalue weighted by Crippen LogP contribution is -2.40. The minimum atomic E-state index is -0.340. The molecule has 0 bridgehead atoms. The van der Waals surface area contributed by atoms with Crippen molar-refractivity contribution in [3.63, 3.8) is 0 Å². The maximum Gasteiger partial charge on any atom is 0.194 e. The molecule has 1 unspecified atom stereocenters. The molecule has 8 heteroatoms. The van der Waals surface area contributed by atoms with Gasteiger partial charge in [0.25, 0.3) is 0 Å². The summed E-state index contributed by atoms with van der Waals surface area (Å²) in [4.78, 5) is 6.99. The van der Waals surface area contributed by atoms with Crippen molar-refractivity contribution in [2.75, 3.05) is 26.2 Å². The Hall–Kier alpha value is -1.84. The topological polar surface area (TPSA) is 54.7 Å². The van der Waals surface area contributed by atoms with E-state index in [2.05, 4.69) is 28.4 Å². The molecule has 6 nitrogen and oxygen atoms in total. The largest absolute Gasteiger partial charge is 0.491 e. The summed E-state index contributed by atoms with van der Waals surface area (Å²) in [7, 11) is 1.94. The number of hydrogen-bond acceptors (Lipinski definition) is 3. The Morgan fingerprint density at radius 1 is 1.39 bits per heavy atom. The van der Waals surface area contributed by atoms with Crippen LogP contribution in [0, 0.1) is 5.82 Å². The first-order valence-corrected chi connectivity index (χ1v) is 9.53. The Morgan fingerprint density at radius 2 is 2.21 bits per heavy atom. The molecule has 0 amide bonds. The van der Waals surface area contributed by atoms with E-state index in [1.54, 1.807) is 6.07 Å². The van der Waals surface area contributed by atoms with Crippen LogP contribution in [0.3, 0.4) is 0 Å². The summed E-state index contributed by atoms with van der Waals surface area (Å²) in [5.41, 5.74) is 2.10. The zero-order chi connectivity index (χ0) is 19.2. The third kappa shape index (κ3) is 5.59. The average Bonchev–Trinajstić information content (AvgIpc) is 3.30. The summed E-state index contributed by atoms with van der Waals surface area (Å²) in [5, 5.41) is 7.63. The first-order chi connectivity index (χ1) is 13.1. The van der Waals surface area contributed by atoms with E-state index in [4.69, 9.17) is 9.73 Å². The highest BCUT2D eigenvalue weighted by Gasteiger charge is 2.26. The zero-order valence-corrected chi connectivity index (χ0v) is 19.0. The Morgan fingerprint density at radius 3 is 2.86 bits per heavy atom. The number of nitrogens with one attached hydrogen (secondary N) is 1. The van der Waals surface area contributed by atoms with Gasteiger partial charge in [0.2, 0.25) is 0 Å². The Balaban J connectivity index is 0.00000280. The zero-order valence-electron chi connectivity index (χ0n) is 16.7. The molecule has 0 spiro atoms. The van der Waals surface area contributed by atoms with Crippen LogP contribution in [0.2, 0.25) is 0 Å². The molecule has 0 aliphatic carbocycles. The van der Waals surface area contributed by atoms with Gasteiger partial charge >= 0.3 is 0 Å². The van der Waals surface area contributed by atoms with Gasteiger partial charge in [0.15, 0.2) is 17.5 Å². The number of nitrogens with zero attached hydrogens (tertiary/aromatic N) is 4. The maximum absolute atomic E-state index is 14.0. The average molecular weight is 501 g/mol. The monoisotopic (exact) mass is 501 g/mol. The highest BCUT2D eigenvalue weighted by atomic mass is 127. The van der Waals surface area contributed by atoms with Crippen LogP contribution >= 0.6 is 24.0 Å². The van der Waals surface area contributed by atoms with Crippen LogP contribution in [-0.2, 0) is 13.6 Å². The molecule has 1 fully saturated rings. The smallest absolute Gasteiger partial charge is 0.194 e. The van der Waals surface area contributed by atoms with Gasteiger partial charge in [-0.25, -0.2) is 9.38 Å². The number of ether oxygens (including phenoxy) is 1. The van der Waals surface area contributed by atoms with Crippen molar-refractivity contribution in [3.05, 3.63) is 47.5 Å². The van der Waals surface area contributed by atoms with E-state index < -0.39 is 0 Å². The Labute approximate surface area is 183 Å². The fourth-order valence-electron chi connectivity index (χ4n) is 3.38. The predicted octanol–water partition coefficient (Wildman–Crippen LogP) is 3.53. The normalized spacial score (nSPS) is 16.8. The number of aliphatic imine (C=N–C) groups is 1. The molecule has 1 aliphatic rings. The van der Waals surface area contributed by atoms with Gasteiger partial charge in [-0.05, 0) is 43.5 Å². The molecule has 1 atom stereocenters. The quantitative estimate of drug-likeness (QED) is 0.374. The maximum atomic E-state index is 14.0. The van der Waals surface area contributed by atoms with Crippen LogP contribution in [0.25, 0.3) is 0 Å². The van der Waals surface area contributed by atoms with E-state index in [-0.39, 0.29) is 35.5 Å². The second-order valence-corrected chi connectivity index (χ2v) is 6.75. The second kappa shape index (κ2) is 10.6. The molecule has 2 aromatic rings. The predicted molar refractivity (Wildman–Crippen MR) is 120 cm³/mol. The summed E-state index contributed by atoms with van der Waals surface area (Å²) in [6, 6.07) is 5.04. The number of aromatic nitrogens is 2. The first kappa shape index (κ1) is 22.4. The van der Waals surface area contributed by atoms with E-state index in [0.717, 1.165) is 37.6 Å². The molecule has 3 rings (SSSR count). The number of guanidine groups is 1. The third-order valence-corrected chi connectivity index (χ3v) is 4.73. The van der Waals surface area contributed by atoms with Gasteiger partial charge in [-0.1, -0.05) is 6.07 Å². The molecule has 28 heavy (non-hydrogen) atoms. The van der Waals surface area contributed by atoms with E-state index in [0.29, 0.717) is 19.1 Å². The fraction of sp³-hybridized carbons (Fsp3) is 0.500. The van der Waals surface area contributed by atoms with Gasteiger partial charge in [-0.3, -0.25) is 4.68 Å². The van der Waals surface area contributed by atoms with Crippen LogP contribution in [0.15, 0.2) is 35.6 Å². The number of aryl methyl sites for hydroxylation is 1. The van der Waals surface area contributed by atoms with Crippen molar-refractivity contribution in [1.82, 2.24) is 20.0 Å². The molecule has 0 radical (unpaired) electrons. The molecule has 1 N–H and O–H groups in total. The van der Waals surface area contributed by atoms with Crippen molar-refractivity contribution < 1.29 is 9.13 Å². The Kier molecular flexibility index (Phi) is 8.53. The lowest BCUT2D eigenvalue weighted by molar-refractivity contribution is 0.321. The number of rotatable bonds is 6. The fourth-order valence-corrected chi connectivity index (χ4v) is 3.38. The minimum Gasteiger partial charge on any atom is -0.491 e. The molecule has 1 aliphatic heterocycles. The van der Waals surface area contributed by atoms with Crippen molar-refractivity contribution in [2.24, 2.45) is 12.0 Å². The lowest BCUT2D eigenvalue weighted by atomic mass is 10.0. The molecule has 1 aromatic carbocycles. The van der Waals surface area contributed by atoms with E-state index in [1.807, 2.05) is 30.9 Å². The first-order valence-electron chi connectivity index (χ1n) is 9.53. The van der Waals surface area contributed by atoms with Crippen molar-refractivity contribution in [1.29, 1.82) is 0 Å². The van der Waals surface area contributed by atoms with Crippen molar-refractivity contribution in [3.8, 4) is 5.75 Å². The summed E-state index contributed by atoms with van der Waals surface area (Å²) in [6.45, 7) is 7.43. The third-order valence-electron chi connectivity index (χ3n) is 4.73. The van der Waals surface area contributed by atoms with Crippen LogP contribution < -0.4 is 10.1 Å². The van der Waals surface area contributed by atoms with E-state index >= 15 is 0 Å². The number of likely N-dealkylation sites (tertiary alicyclic amines) is 1. The molecule has 2 heterocycles. The number of benzene rings is 1. The van der Waals surface area contributed by atoms with Crippen molar-refractivity contribution >= 4 is 29.9 Å². The summed E-state index contributed by atoms with van der Waals surface area (Å²) >= 11 is 0. The molecule has 154 valence electrons. The molecular weight excluding hydrogens is 472 g/mol.